The zero-order chi connectivity index (χ0) is 45.8. The molecule has 6 nitrogen and oxygen atoms in total. The van der Waals surface area contributed by atoms with Gasteiger partial charge >= 0.3 is 17.9 Å². The molecule has 0 heterocycles. The summed E-state index contributed by atoms with van der Waals surface area (Å²) in [6.07, 6.45) is 63.4. The first-order valence-corrected chi connectivity index (χ1v) is 26.8. The molecule has 0 radical (unpaired) electrons. The molecule has 0 saturated carbocycles. The Morgan fingerprint density at radius 2 is 0.571 bits per heavy atom. The Labute approximate surface area is 390 Å². The van der Waals surface area contributed by atoms with E-state index in [1.807, 2.05) is 0 Å². The van der Waals surface area contributed by atoms with Gasteiger partial charge in [0.15, 0.2) is 6.10 Å². The van der Waals surface area contributed by atoms with E-state index in [0.717, 1.165) is 109 Å². The SMILES string of the molecule is CCCCC/C=C/C/C=C/CCCCCCCC(=O)OCC(COC(=O)CCCCCCC/C=C/CCCCCCCC)OC(=O)CCCCCCC/C=C/C/C=C/CCCCC. The standard InChI is InChI=1S/C57H100O6/c1-4-7-10-13-16-19-22-25-28-31-34-37-40-43-46-49-55(58)61-52-54(63-57(60)51-48-45-42-39-36-33-30-27-24-21-18-15-12-9-6-3)53-62-56(59)50-47-44-41-38-35-32-29-26-23-20-17-14-11-8-5-2/h16,18-19,21,25-30,54H,4-15,17,20,22-24,31-53H2,1-3H3/b19-16+,21-18+,28-25+,29-26+,30-27+. The van der Waals surface area contributed by atoms with Gasteiger partial charge in [0.2, 0.25) is 0 Å². The summed E-state index contributed by atoms with van der Waals surface area (Å²) in [6.45, 7) is 6.56. The highest BCUT2D eigenvalue weighted by Gasteiger charge is 2.19. The number of carbonyl (C=O) groups excluding carboxylic acids is 3. The molecule has 0 aliphatic heterocycles. The van der Waals surface area contributed by atoms with Crippen LogP contribution in [-0.4, -0.2) is 37.2 Å². The van der Waals surface area contributed by atoms with Crippen molar-refractivity contribution in [2.75, 3.05) is 13.2 Å². The first-order valence-electron chi connectivity index (χ1n) is 26.8. The smallest absolute Gasteiger partial charge is 0.306 e. The highest BCUT2D eigenvalue weighted by atomic mass is 16.6. The maximum atomic E-state index is 12.8. The number of carbonyl (C=O) groups is 3. The molecule has 0 saturated heterocycles. The van der Waals surface area contributed by atoms with E-state index in [-0.39, 0.29) is 31.1 Å². The van der Waals surface area contributed by atoms with Crippen molar-refractivity contribution in [2.24, 2.45) is 0 Å². The maximum Gasteiger partial charge on any atom is 0.306 e. The van der Waals surface area contributed by atoms with Crippen LogP contribution in [0.4, 0.5) is 0 Å². The van der Waals surface area contributed by atoms with Gasteiger partial charge in [0, 0.05) is 19.3 Å². The molecule has 0 aliphatic rings. The Balaban J connectivity index is 4.44. The minimum Gasteiger partial charge on any atom is -0.462 e. The monoisotopic (exact) mass is 881 g/mol. The van der Waals surface area contributed by atoms with Gasteiger partial charge in [-0.3, -0.25) is 14.4 Å². The first kappa shape index (κ1) is 60.1. The highest BCUT2D eigenvalue weighted by Crippen LogP contribution is 2.14. The highest BCUT2D eigenvalue weighted by molar-refractivity contribution is 5.71. The van der Waals surface area contributed by atoms with E-state index in [4.69, 9.17) is 14.2 Å². The van der Waals surface area contributed by atoms with Crippen molar-refractivity contribution in [2.45, 2.75) is 271 Å². The van der Waals surface area contributed by atoms with E-state index in [9.17, 15) is 14.4 Å². The van der Waals surface area contributed by atoms with Crippen LogP contribution in [-0.2, 0) is 28.6 Å². The number of hydrogen-bond donors (Lipinski definition) is 0. The molecular formula is C57H100O6. The number of hydrogen-bond acceptors (Lipinski definition) is 6. The molecule has 364 valence electrons. The third-order valence-electron chi connectivity index (χ3n) is 11.5. The molecule has 0 fully saturated rings. The molecule has 1 atom stereocenters. The van der Waals surface area contributed by atoms with Crippen LogP contribution < -0.4 is 0 Å². The van der Waals surface area contributed by atoms with Crippen LogP contribution in [0.25, 0.3) is 0 Å². The van der Waals surface area contributed by atoms with Gasteiger partial charge < -0.3 is 14.2 Å². The minimum atomic E-state index is -0.790. The summed E-state index contributed by atoms with van der Waals surface area (Å²) in [5.41, 5.74) is 0. The lowest BCUT2D eigenvalue weighted by Crippen LogP contribution is -2.30. The van der Waals surface area contributed by atoms with Gasteiger partial charge in [-0.25, -0.2) is 0 Å². The van der Waals surface area contributed by atoms with Crippen molar-refractivity contribution < 1.29 is 28.6 Å². The zero-order valence-electron chi connectivity index (χ0n) is 41.6. The fourth-order valence-electron chi connectivity index (χ4n) is 7.38. The van der Waals surface area contributed by atoms with Crippen molar-refractivity contribution >= 4 is 17.9 Å². The molecular weight excluding hydrogens is 781 g/mol. The second kappa shape index (κ2) is 51.7. The van der Waals surface area contributed by atoms with Gasteiger partial charge in [-0.05, 0) is 109 Å². The summed E-state index contributed by atoms with van der Waals surface area (Å²) in [6, 6.07) is 0. The maximum absolute atomic E-state index is 12.8. The number of unbranched alkanes of at least 4 members (excludes halogenated alkanes) is 27. The molecule has 0 spiro atoms. The fourth-order valence-corrected chi connectivity index (χ4v) is 7.38. The van der Waals surface area contributed by atoms with Crippen molar-refractivity contribution in [1.29, 1.82) is 0 Å². The van der Waals surface area contributed by atoms with Gasteiger partial charge in [-0.15, -0.1) is 0 Å². The third kappa shape index (κ3) is 50.0. The molecule has 0 aromatic heterocycles. The normalized spacial score (nSPS) is 12.5. The summed E-state index contributed by atoms with van der Waals surface area (Å²) in [5.74, 6) is -0.919. The molecule has 0 aromatic carbocycles. The summed E-state index contributed by atoms with van der Waals surface area (Å²) in [5, 5.41) is 0. The molecule has 63 heavy (non-hydrogen) atoms. The topological polar surface area (TPSA) is 78.9 Å². The van der Waals surface area contributed by atoms with Gasteiger partial charge in [0.25, 0.3) is 0 Å². The van der Waals surface area contributed by atoms with E-state index in [1.54, 1.807) is 0 Å². The van der Waals surface area contributed by atoms with Crippen LogP contribution >= 0.6 is 0 Å². The largest absolute Gasteiger partial charge is 0.462 e. The zero-order valence-corrected chi connectivity index (χ0v) is 41.6. The third-order valence-corrected chi connectivity index (χ3v) is 11.5. The van der Waals surface area contributed by atoms with Crippen LogP contribution in [0.2, 0.25) is 0 Å². The lowest BCUT2D eigenvalue weighted by molar-refractivity contribution is -0.167. The second-order valence-corrected chi connectivity index (χ2v) is 17.8. The lowest BCUT2D eigenvalue weighted by Gasteiger charge is -2.18. The quantitative estimate of drug-likeness (QED) is 0.0262. The Bertz CT molecular complexity index is 1150. The van der Waals surface area contributed by atoms with Crippen molar-refractivity contribution in [1.82, 2.24) is 0 Å². The Morgan fingerprint density at radius 1 is 0.317 bits per heavy atom. The Morgan fingerprint density at radius 3 is 0.921 bits per heavy atom. The van der Waals surface area contributed by atoms with Crippen molar-refractivity contribution in [3.63, 3.8) is 0 Å². The molecule has 1 unspecified atom stereocenters. The van der Waals surface area contributed by atoms with E-state index < -0.39 is 6.10 Å². The van der Waals surface area contributed by atoms with Crippen molar-refractivity contribution in [3.05, 3.63) is 60.8 Å². The lowest BCUT2D eigenvalue weighted by atomic mass is 10.1. The predicted molar refractivity (Wildman–Crippen MR) is 270 cm³/mol. The summed E-state index contributed by atoms with van der Waals surface area (Å²) < 4.78 is 16.8. The van der Waals surface area contributed by atoms with Crippen LogP contribution in [0.3, 0.4) is 0 Å². The van der Waals surface area contributed by atoms with Crippen molar-refractivity contribution in [3.8, 4) is 0 Å². The number of rotatable bonds is 48. The van der Waals surface area contributed by atoms with E-state index >= 15 is 0 Å². The Kier molecular flexibility index (Phi) is 49.4. The van der Waals surface area contributed by atoms with Crippen LogP contribution in [0.5, 0.6) is 0 Å². The van der Waals surface area contributed by atoms with Gasteiger partial charge in [-0.1, -0.05) is 197 Å². The summed E-state index contributed by atoms with van der Waals surface area (Å²) in [7, 11) is 0. The Hall–Kier alpha value is -2.89. The van der Waals surface area contributed by atoms with Crippen LogP contribution in [0.1, 0.15) is 265 Å². The van der Waals surface area contributed by atoms with Gasteiger partial charge in [-0.2, -0.15) is 0 Å². The summed E-state index contributed by atoms with van der Waals surface area (Å²) >= 11 is 0. The van der Waals surface area contributed by atoms with E-state index in [2.05, 4.69) is 81.5 Å². The minimum absolute atomic E-state index is 0.0885. The molecule has 0 bridgehead atoms. The van der Waals surface area contributed by atoms with E-state index in [0.29, 0.717) is 19.3 Å². The fraction of sp³-hybridized carbons (Fsp3) is 0.772. The average molecular weight is 881 g/mol. The van der Waals surface area contributed by atoms with Crippen LogP contribution in [0, 0.1) is 0 Å². The predicted octanol–water partition coefficient (Wildman–Crippen LogP) is 17.6. The van der Waals surface area contributed by atoms with Gasteiger partial charge in [0.1, 0.15) is 13.2 Å². The molecule has 6 heteroatoms. The average Bonchev–Trinajstić information content (AvgIpc) is 3.28. The van der Waals surface area contributed by atoms with Crippen LogP contribution in [0.15, 0.2) is 60.8 Å². The van der Waals surface area contributed by atoms with Gasteiger partial charge in [0.05, 0.1) is 0 Å². The first-order chi connectivity index (χ1) is 31.0. The summed E-state index contributed by atoms with van der Waals surface area (Å²) in [4.78, 5) is 38.0. The molecule has 0 rings (SSSR count). The molecule has 0 N–H and O–H groups in total. The number of ether oxygens (including phenoxy) is 3. The number of esters is 3. The molecule has 0 aromatic rings. The second-order valence-electron chi connectivity index (χ2n) is 17.8. The molecule has 0 aliphatic carbocycles. The van der Waals surface area contributed by atoms with E-state index in [1.165, 1.54) is 116 Å². The molecule has 0 amide bonds. The number of allylic oxidation sites excluding steroid dienone is 10.